The van der Waals surface area contributed by atoms with E-state index in [9.17, 15) is 4.79 Å². The first-order valence-electron chi connectivity index (χ1n) is 7.89. The standard InChI is InChI=1S/C16H13ClN8OS/c17-12-1-2-14(24-9-18-8-20-24)13(5-12)21-16(26)6-15(11-3-4-27-7-11)25-10-19-22-23-25/h1-5,7-10,15H,6H2,(H,21,26)/t15-/m1/s1. The lowest BCUT2D eigenvalue weighted by Crippen LogP contribution is -2.21. The van der Waals surface area contributed by atoms with Crippen molar-refractivity contribution in [2.75, 3.05) is 5.32 Å². The number of hydrogen-bond donors (Lipinski definition) is 1. The molecule has 11 heteroatoms. The van der Waals surface area contributed by atoms with Crippen molar-refractivity contribution in [1.29, 1.82) is 0 Å². The van der Waals surface area contributed by atoms with Crippen LogP contribution in [0.15, 0.2) is 54.0 Å². The first kappa shape index (κ1) is 17.3. The minimum absolute atomic E-state index is 0.158. The van der Waals surface area contributed by atoms with E-state index in [2.05, 4.69) is 30.9 Å². The Hall–Kier alpha value is -3.11. The van der Waals surface area contributed by atoms with Crippen LogP contribution in [0.1, 0.15) is 18.0 Å². The molecule has 1 aromatic carbocycles. The van der Waals surface area contributed by atoms with Crippen LogP contribution < -0.4 is 5.32 Å². The van der Waals surface area contributed by atoms with Gasteiger partial charge >= 0.3 is 0 Å². The zero-order valence-electron chi connectivity index (χ0n) is 13.8. The van der Waals surface area contributed by atoms with Crippen LogP contribution in [0.2, 0.25) is 5.02 Å². The average Bonchev–Trinajstić information content (AvgIpc) is 3.43. The van der Waals surface area contributed by atoms with Gasteiger partial charge in [-0.05, 0) is 51.0 Å². The van der Waals surface area contributed by atoms with Gasteiger partial charge in [-0.1, -0.05) is 11.6 Å². The maximum Gasteiger partial charge on any atom is 0.226 e. The molecule has 27 heavy (non-hydrogen) atoms. The second-order valence-corrected chi connectivity index (χ2v) is 6.83. The molecular weight excluding hydrogens is 388 g/mol. The van der Waals surface area contributed by atoms with Gasteiger partial charge < -0.3 is 5.32 Å². The van der Waals surface area contributed by atoms with Crippen molar-refractivity contribution in [2.45, 2.75) is 12.5 Å². The normalized spacial score (nSPS) is 12.0. The zero-order chi connectivity index (χ0) is 18.6. The highest BCUT2D eigenvalue weighted by atomic mass is 35.5. The molecule has 1 atom stereocenters. The number of nitrogens with zero attached hydrogens (tertiary/aromatic N) is 7. The molecule has 4 rings (SSSR count). The lowest BCUT2D eigenvalue weighted by molar-refractivity contribution is -0.116. The molecule has 1 amide bonds. The number of carbonyl (C=O) groups is 1. The predicted molar refractivity (Wildman–Crippen MR) is 99.9 cm³/mol. The first-order chi connectivity index (χ1) is 13.2. The molecule has 4 aromatic rings. The highest BCUT2D eigenvalue weighted by Crippen LogP contribution is 2.27. The molecule has 9 nitrogen and oxygen atoms in total. The van der Waals surface area contributed by atoms with Crippen LogP contribution in [0.5, 0.6) is 0 Å². The van der Waals surface area contributed by atoms with Gasteiger partial charge in [-0.15, -0.1) is 5.10 Å². The summed E-state index contributed by atoms with van der Waals surface area (Å²) >= 11 is 7.65. The van der Waals surface area contributed by atoms with Crippen LogP contribution >= 0.6 is 22.9 Å². The molecule has 0 aliphatic carbocycles. The number of tetrazole rings is 1. The van der Waals surface area contributed by atoms with Crippen molar-refractivity contribution >= 4 is 34.5 Å². The van der Waals surface area contributed by atoms with Crippen molar-refractivity contribution in [1.82, 2.24) is 35.0 Å². The maximum atomic E-state index is 12.8. The van der Waals surface area contributed by atoms with E-state index in [1.165, 1.54) is 12.7 Å². The number of carbonyl (C=O) groups excluding carboxylic acids is 1. The second-order valence-electron chi connectivity index (χ2n) is 5.62. The van der Waals surface area contributed by atoms with Crippen molar-refractivity contribution in [3.05, 3.63) is 64.6 Å². The summed E-state index contributed by atoms with van der Waals surface area (Å²) in [5, 5.41) is 22.7. The fourth-order valence-corrected chi connectivity index (χ4v) is 3.54. The van der Waals surface area contributed by atoms with Crippen LogP contribution in [0, 0.1) is 0 Å². The Kier molecular flexibility index (Phi) is 4.90. The molecule has 1 N–H and O–H groups in total. The van der Waals surface area contributed by atoms with Gasteiger partial charge in [0.05, 0.1) is 23.8 Å². The second kappa shape index (κ2) is 7.64. The number of halogens is 1. The number of amides is 1. The molecule has 3 heterocycles. The van der Waals surface area contributed by atoms with Gasteiger partial charge in [-0.2, -0.15) is 16.4 Å². The van der Waals surface area contributed by atoms with E-state index in [4.69, 9.17) is 11.6 Å². The van der Waals surface area contributed by atoms with Crippen molar-refractivity contribution in [2.24, 2.45) is 0 Å². The Morgan fingerprint density at radius 2 is 2.22 bits per heavy atom. The monoisotopic (exact) mass is 400 g/mol. The summed E-state index contributed by atoms with van der Waals surface area (Å²) in [6, 6.07) is 6.81. The van der Waals surface area contributed by atoms with E-state index < -0.39 is 0 Å². The van der Waals surface area contributed by atoms with E-state index in [1.54, 1.807) is 45.2 Å². The predicted octanol–water partition coefficient (Wildman–Crippen LogP) is 2.59. The van der Waals surface area contributed by atoms with Crippen LogP contribution in [-0.2, 0) is 4.79 Å². The summed E-state index contributed by atoms with van der Waals surface area (Å²) in [6.07, 6.45) is 4.62. The van der Waals surface area contributed by atoms with E-state index in [1.807, 2.05) is 16.8 Å². The van der Waals surface area contributed by atoms with Gasteiger partial charge in [0.25, 0.3) is 0 Å². The summed E-state index contributed by atoms with van der Waals surface area (Å²) < 4.78 is 3.13. The van der Waals surface area contributed by atoms with Gasteiger partial charge in [0, 0.05) is 5.02 Å². The third-order valence-corrected chi connectivity index (χ3v) is 4.83. The van der Waals surface area contributed by atoms with Crippen LogP contribution in [0.4, 0.5) is 5.69 Å². The molecular formula is C16H13ClN8OS. The van der Waals surface area contributed by atoms with Crippen LogP contribution in [0.25, 0.3) is 5.69 Å². The molecule has 136 valence electrons. The lowest BCUT2D eigenvalue weighted by Gasteiger charge is -2.16. The number of benzene rings is 1. The Morgan fingerprint density at radius 3 is 2.93 bits per heavy atom. The quantitative estimate of drug-likeness (QED) is 0.533. The van der Waals surface area contributed by atoms with Gasteiger partial charge in [-0.3, -0.25) is 4.79 Å². The van der Waals surface area contributed by atoms with Gasteiger partial charge in [0.15, 0.2) is 0 Å². The molecule has 0 spiro atoms. The number of thiophene rings is 1. The molecule has 0 saturated heterocycles. The number of nitrogens with one attached hydrogen (secondary N) is 1. The minimum atomic E-state index is -0.305. The summed E-state index contributed by atoms with van der Waals surface area (Å²) in [5.41, 5.74) is 2.17. The Balaban J connectivity index is 1.58. The fourth-order valence-electron chi connectivity index (χ4n) is 2.66. The van der Waals surface area contributed by atoms with Gasteiger partial charge in [0.2, 0.25) is 5.91 Å². The van der Waals surface area contributed by atoms with E-state index in [-0.39, 0.29) is 18.4 Å². The molecule has 0 bridgehead atoms. The third-order valence-electron chi connectivity index (χ3n) is 3.89. The Bertz CT molecular complexity index is 983. The highest BCUT2D eigenvalue weighted by molar-refractivity contribution is 7.08. The number of rotatable bonds is 6. The van der Waals surface area contributed by atoms with Crippen molar-refractivity contribution < 1.29 is 4.79 Å². The fraction of sp³-hybridized carbons (Fsp3) is 0.125. The maximum absolute atomic E-state index is 12.8. The summed E-state index contributed by atoms with van der Waals surface area (Å²) in [6.45, 7) is 0. The lowest BCUT2D eigenvalue weighted by atomic mass is 10.1. The third kappa shape index (κ3) is 3.86. The Morgan fingerprint density at radius 1 is 1.30 bits per heavy atom. The SMILES string of the molecule is O=C(C[C@H](c1ccsc1)n1cnnn1)Nc1cc(Cl)ccc1-n1cncn1. The zero-order valence-corrected chi connectivity index (χ0v) is 15.4. The largest absolute Gasteiger partial charge is 0.324 e. The number of aromatic nitrogens is 7. The summed E-state index contributed by atoms with van der Waals surface area (Å²) in [4.78, 5) is 16.7. The van der Waals surface area contributed by atoms with Crippen LogP contribution in [-0.4, -0.2) is 40.9 Å². The highest BCUT2D eigenvalue weighted by Gasteiger charge is 2.21. The van der Waals surface area contributed by atoms with Crippen molar-refractivity contribution in [3.63, 3.8) is 0 Å². The molecule has 3 aromatic heterocycles. The Labute approximate surface area is 162 Å². The summed E-state index contributed by atoms with van der Waals surface area (Å²) in [5.74, 6) is -0.203. The van der Waals surface area contributed by atoms with E-state index in [0.717, 1.165) is 5.56 Å². The molecule has 0 radical (unpaired) electrons. The smallest absolute Gasteiger partial charge is 0.226 e. The molecule has 0 fully saturated rings. The van der Waals surface area contributed by atoms with E-state index in [0.29, 0.717) is 16.4 Å². The number of hydrogen-bond acceptors (Lipinski definition) is 7. The van der Waals surface area contributed by atoms with E-state index >= 15 is 0 Å². The molecule has 0 aliphatic rings. The van der Waals surface area contributed by atoms with Crippen molar-refractivity contribution in [3.8, 4) is 5.69 Å². The van der Waals surface area contributed by atoms with Gasteiger partial charge in [-0.25, -0.2) is 14.3 Å². The van der Waals surface area contributed by atoms with Gasteiger partial charge in [0.1, 0.15) is 19.0 Å². The summed E-state index contributed by atoms with van der Waals surface area (Å²) in [7, 11) is 0. The molecule has 0 unspecified atom stereocenters. The minimum Gasteiger partial charge on any atom is -0.324 e. The average molecular weight is 401 g/mol. The first-order valence-corrected chi connectivity index (χ1v) is 9.22. The number of anilines is 1. The molecule has 0 aliphatic heterocycles. The topological polar surface area (TPSA) is 103 Å². The molecule has 0 saturated carbocycles. The van der Waals surface area contributed by atoms with Crippen LogP contribution in [0.3, 0.4) is 0 Å².